The van der Waals surface area contributed by atoms with Gasteiger partial charge in [0.05, 0.1) is 11.9 Å². The van der Waals surface area contributed by atoms with Gasteiger partial charge in [-0.1, -0.05) is 45.0 Å². The number of fused-ring (bicyclic) bond motifs is 1. The van der Waals surface area contributed by atoms with E-state index in [0.717, 1.165) is 59.6 Å². The summed E-state index contributed by atoms with van der Waals surface area (Å²) in [6.07, 6.45) is 4.71. The third-order valence-electron chi connectivity index (χ3n) is 9.42. The van der Waals surface area contributed by atoms with Crippen LogP contribution in [0.2, 0.25) is 0 Å². The number of alkyl halides is 3. The summed E-state index contributed by atoms with van der Waals surface area (Å²) < 4.78 is 43.0. The van der Waals surface area contributed by atoms with E-state index in [4.69, 9.17) is 0 Å². The van der Waals surface area contributed by atoms with Crippen LogP contribution in [0, 0.1) is 23.2 Å². The second-order valence-corrected chi connectivity index (χ2v) is 12.3. The zero-order valence-electron chi connectivity index (χ0n) is 22.2. The van der Waals surface area contributed by atoms with Crippen LogP contribution >= 0.6 is 0 Å². The maximum absolute atomic E-state index is 14.1. The first-order chi connectivity index (χ1) is 18.1. The molecule has 4 aliphatic carbocycles. The molecule has 1 amide bonds. The van der Waals surface area contributed by atoms with Crippen molar-refractivity contribution in [2.24, 2.45) is 23.2 Å². The average Bonchev–Trinajstić information content (AvgIpc) is 3.29. The van der Waals surface area contributed by atoms with E-state index in [1.807, 2.05) is 12.1 Å². The molecule has 1 aromatic carbocycles. The predicted molar refractivity (Wildman–Crippen MR) is 140 cm³/mol. The van der Waals surface area contributed by atoms with E-state index in [2.05, 4.69) is 36.2 Å². The van der Waals surface area contributed by atoms with Gasteiger partial charge < -0.3 is 5.32 Å². The second-order valence-electron chi connectivity index (χ2n) is 12.3. The normalized spacial score (nSPS) is 27.3. The highest BCUT2D eigenvalue weighted by atomic mass is 19.4. The van der Waals surface area contributed by atoms with Crippen LogP contribution in [0.5, 0.6) is 0 Å². The maximum atomic E-state index is 14.1. The van der Waals surface area contributed by atoms with Crippen LogP contribution in [0.15, 0.2) is 36.5 Å². The van der Waals surface area contributed by atoms with Gasteiger partial charge in [-0.3, -0.25) is 4.79 Å². The summed E-state index contributed by atoms with van der Waals surface area (Å²) in [6.45, 7) is 6.22. The van der Waals surface area contributed by atoms with E-state index in [-0.39, 0.29) is 28.4 Å². The zero-order valence-corrected chi connectivity index (χ0v) is 22.2. The fourth-order valence-electron chi connectivity index (χ4n) is 8.04. The van der Waals surface area contributed by atoms with Gasteiger partial charge >= 0.3 is 6.18 Å². The Hall–Kier alpha value is -2.90. The number of hydrogen-bond acceptors (Lipinski definition) is 3. The molecule has 8 heteroatoms. The van der Waals surface area contributed by atoms with Crippen molar-refractivity contribution in [3.05, 3.63) is 53.3 Å². The summed E-state index contributed by atoms with van der Waals surface area (Å²) in [7, 11) is 0. The first-order valence-corrected chi connectivity index (χ1v) is 13.9. The first-order valence-electron chi connectivity index (χ1n) is 13.9. The third-order valence-corrected chi connectivity index (χ3v) is 9.42. The van der Waals surface area contributed by atoms with E-state index < -0.39 is 17.8 Å². The van der Waals surface area contributed by atoms with Gasteiger partial charge in [-0.15, -0.1) is 0 Å². The van der Waals surface area contributed by atoms with Gasteiger partial charge in [0.2, 0.25) is 0 Å². The zero-order chi connectivity index (χ0) is 26.8. The monoisotopic (exact) mass is 524 g/mol. The molecular formula is C30H35F3N4O. The van der Waals surface area contributed by atoms with Crippen molar-refractivity contribution in [1.82, 2.24) is 19.9 Å². The predicted octanol–water partition coefficient (Wildman–Crippen LogP) is 7.26. The fraction of sp³-hybridized carbons (Fsp3) is 0.567. The molecule has 202 valence electrons. The molecule has 4 fully saturated rings. The Kier molecular flexibility index (Phi) is 6.07. The largest absolute Gasteiger partial charge is 0.433 e. The molecule has 4 aliphatic rings. The molecule has 38 heavy (non-hydrogen) atoms. The summed E-state index contributed by atoms with van der Waals surface area (Å²) in [6, 6.07) is 8.37. The van der Waals surface area contributed by atoms with E-state index in [1.165, 1.54) is 25.5 Å². The highest BCUT2D eigenvalue weighted by Gasteiger charge is 2.54. The van der Waals surface area contributed by atoms with Gasteiger partial charge in [-0.2, -0.15) is 18.3 Å². The molecule has 1 N–H and O–H groups in total. The number of carbonyl (C=O) groups is 1. The molecule has 5 nitrogen and oxygen atoms in total. The van der Waals surface area contributed by atoms with Crippen molar-refractivity contribution in [3.63, 3.8) is 0 Å². The summed E-state index contributed by atoms with van der Waals surface area (Å²) >= 11 is 0. The Morgan fingerprint density at radius 2 is 1.68 bits per heavy atom. The molecule has 2 aromatic heterocycles. The second kappa shape index (κ2) is 9.09. The number of carbonyl (C=O) groups excluding carboxylic acids is 1. The van der Waals surface area contributed by atoms with Crippen molar-refractivity contribution in [3.8, 4) is 11.3 Å². The summed E-state index contributed by atoms with van der Waals surface area (Å²) in [4.78, 5) is 18.2. The number of benzene rings is 1. The molecule has 1 atom stereocenters. The van der Waals surface area contributed by atoms with Crippen molar-refractivity contribution >= 4 is 11.6 Å². The molecule has 0 radical (unpaired) electrons. The van der Waals surface area contributed by atoms with Crippen LogP contribution in [-0.2, 0) is 6.18 Å². The Morgan fingerprint density at radius 3 is 2.21 bits per heavy atom. The summed E-state index contributed by atoms with van der Waals surface area (Å²) in [5.74, 6) is 2.13. The molecule has 0 spiro atoms. The van der Waals surface area contributed by atoms with Gasteiger partial charge in [-0.25, -0.2) is 9.50 Å². The number of nitrogens with zero attached hydrogens (tertiary/aromatic N) is 3. The lowest BCUT2D eigenvalue weighted by Gasteiger charge is -2.59. The smallest absolute Gasteiger partial charge is 0.349 e. The molecule has 2 heterocycles. The maximum Gasteiger partial charge on any atom is 0.433 e. The Bertz CT molecular complexity index is 1320. The summed E-state index contributed by atoms with van der Waals surface area (Å²) in [5, 5.41) is 7.22. The lowest BCUT2D eigenvalue weighted by atomic mass is 9.47. The van der Waals surface area contributed by atoms with Crippen LogP contribution in [0.25, 0.3) is 16.9 Å². The van der Waals surface area contributed by atoms with Gasteiger partial charge in [0.1, 0.15) is 5.56 Å². The Balaban J connectivity index is 1.36. The van der Waals surface area contributed by atoms with Crippen molar-refractivity contribution in [2.45, 2.75) is 83.9 Å². The lowest BCUT2D eigenvalue weighted by molar-refractivity contribution is -0.142. The number of halogens is 3. The molecule has 0 saturated heterocycles. The number of hydrogen-bond donors (Lipinski definition) is 1. The van der Waals surface area contributed by atoms with Gasteiger partial charge in [0, 0.05) is 11.6 Å². The first kappa shape index (κ1) is 25.4. The molecule has 7 rings (SSSR count). The number of amides is 1. The highest BCUT2D eigenvalue weighted by molar-refractivity contribution is 6.00. The lowest BCUT2D eigenvalue weighted by Crippen LogP contribution is -2.56. The molecule has 1 unspecified atom stereocenters. The van der Waals surface area contributed by atoms with Crippen molar-refractivity contribution in [2.75, 3.05) is 0 Å². The minimum absolute atomic E-state index is 0.00722. The molecule has 4 bridgehead atoms. The Labute approximate surface area is 221 Å². The Morgan fingerprint density at radius 1 is 1.08 bits per heavy atom. The fourth-order valence-corrected chi connectivity index (χ4v) is 8.04. The topological polar surface area (TPSA) is 59.3 Å². The average molecular weight is 525 g/mol. The van der Waals surface area contributed by atoms with Gasteiger partial charge in [0.25, 0.3) is 5.91 Å². The van der Waals surface area contributed by atoms with E-state index >= 15 is 0 Å². The van der Waals surface area contributed by atoms with E-state index in [9.17, 15) is 18.0 Å². The third kappa shape index (κ3) is 4.30. The van der Waals surface area contributed by atoms with Crippen LogP contribution in [0.3, 0.4) is 0 Å². The number of aromatic nitrogens is 3. The van der Waals surface area contributed by atoms with Crippen LogP contribution < -0.4 is 5.32 Å². The standard InChI is InChI=1S/C30H35F3N4O/c1-4-25(29-13-18-9-19(14-29)11-20(10-18)15-29)36-28(38)23-16-34-37-26(30(31,32)33)12-24(35-27(23)37)22-7-5-21(6-8-22)17(2)3/h5-8,12,16-20,25H,4,9-11,13-15H2,1-3H3,(H,36,38). The quantitative estimate of drug-likeness (QED) is 0.369. The minimum atomic E-state index is -4.65. The molecule has 0 aliphatic heterocycles. The summed E-state index contributed by atoms with van der Waals surface area (Å²) in [5.41, 5.74) is 0.983. The van der Waals surface area contributed by atoms with Crippen molar-refractivity contribution < 1.29 is 18.0 Å². The number of nitrogens with one attached hydrogen (secondary N) is 1. The van der Waals surface area contributed by atoms with E-state index in [1.54, 1.807) is 12.1 Å². The molecular weight excluding hydrogens is 489 g/mol. The van der Waals surface area contributed by atoms with Crippen LogP contribution in [0.1, 0.15) is 93.3 Å². The van der Waals surface area contributed by atoms with E-state index in [0.29, 0.717) is 11.5 Å². The van der Waals surface area contributed by atoms with Gasteiger partial charge in [-0.05, 0) is 85.7 Å². The van der Waals surface area contributed by atoms with Crippen LogP contribution in [-0.4, -0.2) is 26.5 Å². The van der Waals surface area contributed by atoms with Gasteiger partial charge in [0.15, 0.2) is 11.3 Å². The minimum Gasteiger partial charge on any atom is -0.349 e. The number of rotatable bonds is 6. The molecule has 3 aromatic rings. The van der Waals surface area contributed by atoms with Crippen LogP contribution in [0.4, 0.5) is 13.2 Å². The van der Waals surface area contributed by atoms with Crippen molar-refractivity contribution in [1.29, 1.82) is 0 Å². The SMILES string of the molecule is CCC(NC(=O)c1cnn2c(C(F)(F)F)cc(-c3ccc(C(C)C)cc3)nc12)C12CC3CC(CC(C3)C1)C2. The highest BCUT2D eigenvalue weighted by Crippen LogP contribution is 2.61. The molecule has 4 saturated carbocycles.